The topological polar surface area (TPSA) is 94.7 Å². The first kappa shape index (κ1) is 25.1. The second-order valence-electron chi connectivity index (χ2n) is 10.2. The molecule has 1 saturated heterocycles. The quantitative estimate of drug-likeness (QED) is 0.523. The number of nitrogens with zero attached hydrogens (tertiary/aromatic N) is 5. The highest BCUT2D eigenvalue weighted by molar-refractivity contribution is 5.98. The third-order valence-electron chi connectivity index (χ3n) is 6.94. The second kappa shape index (κ2) is 9.54. The van der Waals surface area contributed by atoms with Gasteiger partial charge in [0.2, 0.25) is 0 Å². The molecule has 2 aromatic heterocycles. The zero-order chi connectivity index (χ0) is 25.5. The van der Waals surface area contributed by atoms with Gasteiger partial charge in [-0.05, 0) is 70.0 Å². The molecule has 8 nitrogen and oxygen atoms in total. The molecule has 1 aliphatic rings. The van der Waals surface area contributed by atoms with Crippen LogP contribution in [-0.2, 0) is 0 Å². The molecule has 1 aliphatic heterocycles. The van der Waals surface area contributed by atoms with Gasteiger partial charge in [-0.15, -0.1) is 0 Å². The van der Waals surface area contributed by atoms with E-state index in [9.17, 15) is 19.4 Å². The van der Waals surface area contributed by atoms with Crippen LogP contribution in [0.3, 0.4) is 0 Å². The van der Waals surface area contributed by atoms with Crippen LogP contribution in [0.4, 0.5) is 10.1 Å². The zero-order valence-corrected chi connectivity index (χ0v) is 21.0. The predicted molar refractivity (Wildman–Crippen MR) is 134 cm³/mol. The van der Waals surface area contributed by atoms with Crippen molar-refractivity contribution >= 4 is 22.7 Å². The van der Waals surface area contributed by atoms with Crippen molar-refractivity contribution < 1.29 is 19.4 Å². The number of carboxylic acid groups (broad SMARTS) is 1. The Balaban J connectivity index is 1.79. The number of benzene rings is 1. The summed E-state index contributed by atoms with van der Waals surface area (Å²) in [6.07, 6.45) is 1.14. The highest BCUT2D eigenvalue weighted by Crippen LogP contribution is 2.37. The number of anilines is 1. The van der Waals surface area contributed by atoms with Gasteiger partial charge in [0.1, 0.15) is 5.82 Å². The molecule has 0 saturated carbocycles. The van der Waals surface area contributed by atoms with Gasteiger partial charge in [0.05, 0.1) is 28.1 Å². The maximum Gasteiger partial charge on any atom is 0.354 e. The Hall–Kier alpha value is -3.04. The Morgan fingerprint density at radius 1 is 1.17 bits per heavy atom. The first-order chi connectivity index (χ1) is 16.5. The average molecular weight is 484 g/mol. The Morgan fingerprint density at radius 3 is 2.34 bits per heavy atom. The van der Waals surface area contributed by atoms with Crippen LogP contribution >= 0.6 is 0 Å². The van der Waals surface area contributed by atoms with Gasteiger partial charge in [0, 0.05) is 25.7 Å². The molecule has 0 unspecified atom stereocenters. The Bertz CT molecular complexity index is 1210. The normalized spacial score (nSPS) is 16.1. The van der Waals surface area contributed by atoms with E-state index in [0.717, 1.165) is 16.8 Å². The van der Waals surface area contributed by atoms with Crippen LogP contribution in [0.2, 0.25) is 0 Å². The Morgan fingerprint density at radius 2 is 1.80 bits per heavy atom. The predicted octanol–water partition coefficient (Wildman–Crippen LogP) is 4.05. The van der Waals surface area contributed by atoms with Gasteiger partial charge in [-0.25, -0.2) is 18.9 Å². The number of fused-ring (bicyclic) bond motifs is 1. The summed E-state index contributed by atoms with van der Waals surface area (Å²) in [5, 5.41) is 26.6. The summed E-state index contributed by atoms with van der Waals surface area (Å²) in [6, 6.07) is 7.84. The van der Waals surface area contributed by atoms with Gasteiger partial charge in [-0.3, -0.25) is 0 Å². The zero-order valence-electron chi connectivity index (χ0n) is 21.0. The summed E-state index contributed by atoms with van der Waals surface area (Å²) in [5.74, 6) is -1.44. The number of likely N-dealkylation sites (N-methyl/N-ethyl adjacent to an activating group) is 1. The number of carboxylic acids is 1. The van der Waals surface area contributed by atoms with Gasteiger partial charge in [0.15, 0.2) is 11.3 Å². The van der Waals surface area contributed by atoms with Crippen LogP contribution in [0.25, 0.3) is 16.7 Å². The van der Waals surface area contributed by atoms with Crippen molar-refractivity contribution in [1.29, 1.82) is 0 Å². The SMILES string of the molecule is CC(C)c1nn(-c2ccc(F)cc2)c2nc(C(=O)O)cc(N3CCC(O)(CN(C)C(C)C)CC3)c12. The molecule has 1 aromatic carbocycles. The summed E-state index contributed by atoms with van der Waals surface area (Å²) >= 11 is 0. The standard InChI is InChI=1S/C26H34FN5O3/c1-16(2)23-22-21(31-12-10-26(35,11-13-31)15-30(5)17(3)4)14-20(25(33)34)28-24(22)32(29-23)19-8-6-18(27)7-9-19/h6-9,14,16-17,35H,10-13,15H2,1-5H3,(H,33,34). The minimum absolute atomic E-state index is 0.0526. The van der Waals surface area contributed by atoms with Crippen molar-refractivity contribution in [3.63, 3.8) is 0 Å². The third-order valence-corrected chi connectivity index (χ3v) is 6.94. The van der Waals surface area contributed by atoms with Crippen LogP contribution in [0.5, 0.6) is 0 Å². The maximum atomic E-state index is 13.6. The minimum Gasteiger partial charge on any atom is -0.477 e. The molecule has 0 spiro atoms. The third kappa shape index (κ3) is 5.01. The van der Waals surface area contributed by atoms with E-state index < -0.39 is 11.6 Å². The summed E-state index contributed by atoms with van der Waals surface area (Å²) in [4.78, 5) is 20.7. The molecule has 35 heavy (non-hydrogen) atoms. The second-order valence-corrected chi connectivity index (χ2v) is 10.2. The number of aliphatic hydroxyl groups is 1. The lowest BCUT2D eigenvalue weighted by molar-refractivity contribution is -0.0165. The largest absolute Gasteiger partial charge is 0.477 e. The molecule has 4 rings (SSSR count). The summed E-state index contributed by atoms with van der Waals surface area (Å²) < 4.78 is 15.2. The molecule has 9 heteroatoms. The number of rotatable bonds is 7. The Labute approximate surface area is 205 Å². The van der Waals surface area contributed by atoms with Crippen LogP contribution in [0.15, 0.2) is 30.3 Å². The monoisotopic (exact) mass is 483 g/mol. The molecule has 2 N–H and O–H groups in total. The minimum atomic E-state index is -1.13. The fraction of sp³-hybridized carbons (Fsp3) is 0.500. The van der Waals surface area contributed by atoms with Gasteiger partial charge >= 0.3 is 5.97 Å². The number of piperidine rings is 1. The molecule has 1 fully saturated rings. The van der Waals surface area contributed by atoms with Gasteiger partial charge in [-0.2, -0.15) is 5.10 Å². The molecule has 0 aliphatic carbocycles. The van der Waals surface area contributed by atoms with Crippen molar-refractivity contribution in [3.05, 3.63) is 47.5 Å². The van der Waals surface area contributed by atoms with E-state index in [1.165, 1.54) is 12.1 Å². The molecule has 3 aromatic rings. The van der Waals surface area contributed by atoms with E-state index in [1.807, 2.05) is 20.9 Å². The fourth-order valence-electron chi connectivity index (χ4n) is 4.62. The lowest BCUT2D eigenvalue weighted by Gasteiger charge is -2.42. The lowest BCUT2D eigenvalue weighted by Crippen LogP contribution is -2.51. The number of aromatic nitrogens is 3. The van der Waals surface area contributed by atoms with Crippen molar-refractivity contribution in [1.82, 2.24) is 19.7 Å². The molecule has 0 bridgehead atoms. The van der Waals surface area contributed by atoms with Gasteiger partial charge in [0.25, 0.3) is 0 Å². The van der Waals surface area contributed by atoms with Crippen LogP contribution in [0.1, 0.15) is 62.6 Å². The molecule has 0 atom stereocenters. The summed E-state index contributed by atoms with van der Waals surface area (Å²) in [5.41, 5.74) is 1.71. The van der Waals surface area contributed by atoms with Crippen molar-refractivity contribution in [3.8, 4) is 5.69 Å². The highest BCUT2D eigenvalue weighted by Gasteiger charge is 2.35. The Kier molecular flexibility index (Phi) is 6.83. The van der Waals surface area contributed by atoms with E-state index in [4.69, 9.17) is 5.10 Å². The van der Waals surface area contributed by atoms with Gasteiger partial charge < -0.3 is 20.0 Å². The van der Waals surface area contributed by atoms with Crippen LogP contribution < -0.4 is 4.90 Å². The van der Waals surface area contributed by atoms with E-state index in [1.54, 1.807) is 22.9 Å². The highest BCUT2D eigenvalue weighted by atomic mass is 19.1. The average Bonchev–Trinajstić information content (AvgIpc) is 3.19. The van der Waals surface area contributed by atoms with E-state index >= 15 is 0 Å². The van der Waals surface area contributed by atoms with E-state index in [2.05, 4.69) is 28.6 Å². The number of halogens is 1. The molecular weight excluding hydrogens is 449 g/mol. The molecule has 0 amide bonds. The summed E-state index contributed by atoms with van der Waals surface area (Å²) in [6.45, 7) is 10.0. The molecule has 188 valence electrons. The number of aromatic carboxylic acids is 1. The van der Waals surface area contributed by atoms with E-state index in [0.29, 0.717) is 49.9 Å². The number of pyridine rings is 1. The lowest BCUT2D eigenvalue weighted by atomic mass is 9.90. The maximum absolute atomic E-state index is 13.6. The number of hydrogen-bond donors (Lipinski definition) is 2. The molecule has 0 radical (unpaired) electrons. The van der Waals surface area contributed by atoms with E-state index in [-0.39, 0.29) is 17.4 Å². The summed E-state index contributed by atoms with van der Waals surface area (Å²) in [7, 11) is 2.01. The number of carbonyl (C=O) groups is 1. The van der Waals surface area contributed by atoms with Crippen LogP contribution in [-0.4, -0.2) is 74.2 Å². The van der Waals surface area contributed by atoms with Crippen molar-refractivity contribution in [2.45, 2.75) is 58.1 Å². The fourth-order valence-corrected chi connectivity index (χ4v) is 4.62. The molecular formula is C26H34FN5O3. The first-order valence-electron chi connectivity index (χ1n) is 12.1. The van der Waals surface area contributed by atoms with Gasteiger partial charge in [-0.1, -0.05) is 13.8 Å². The van der Waals surface area contributed by atoms with Crippen LogP contribution in [0, 0.1) is 5.82 Å². The number of hydrogen-bond acceptors (Lipinski definition) is 6. The van der Waals surface area contributed by atoms with Crippen molar-refractivity contribution in [2.24, 2.45) is 0 Å². The first-order valence-corrected chi connectivity index (χ1v) is 12.1. The smallest absolute Gasteiger partial charge is 0.354 e. The van der Waals surface area contributed by atoms with Crippen molar-refractivity contribution in [2.75, 3.05) is 31.6 Å². The molecule has 3 heterocycles.